The van der Waals surface area contributed by atoms with Gasteiger partial charge in [0, 0.05) is 12.6 Å². The fourth-order valence-corrected chi connectivity index (χ4v) is 2.77. The quantitative estimate of drug-likeness (QED) is 0.840. The lowest BCUT2D eigenvalue weighted by atomic mass is 9.87. The fraction of sp³-hybridized carbons (Fsp3) is 0.600. The number of hydrogen-bond donors (Lipinski definition) is 1. The van der Waals surface area contributed by atoms with Crippen LogP contribution in [0.2, 0.25) is 0 Å². The molecule has 1 nitrogen and oxygen atoms in total. The van der Waals surface area contributed by atoms with Gasteiger partial charge in [0.15, 0.2) is 0 Å². The maximum absolute atomic E-state index is 13.2. The normalized spacial score (nSPS) is 22.9. The Morgan fingerprint density at radius 2 is 2.18 bits per heavy atom. The number of benzene rings is 1. The number of rotatable bonds is 3. The third-order valence-corrected chi connectivity index (χ3v) is 4.11. The average molecular weight is 235 g/mol. The van der Waals surface area contributed by atoms with Gasteiger partial charge >= 0.3 is 0 Å². The Balaban J connectivity index is 2.00. The van der Waals surface area contributed by atoms with Crippen molar-refractivity contribution in [2.24, 2.45) is 5.41 Å². The molecule has 1 aromatic carbocycles. The van der Waals surface area contributed by atoms with Crippen LogP contribution in [0.1, 0.15) is 44.2 Å². The number of hydrogen-bond acceptors (Lipinski definition) is 1. The monoisotopic (exact) mass is 235 g/mol. The molecule has 0 aliphatic heterocycles. The molecule has 0 saturated heterocycles. The van der Waals surface area contributed by atoms with Crippen molar-refractivity contribution in [1.29, 1.82) is 0 Å². The molecule has 1 atom stereocenters. The molecule has 0 spiro atoms. The van der Waals surface area contributed by atoms with Crippen molar-refractivity contribution in [1.82, 2.24) is 5.32 Å². The topological polar surface area (TPSA) is 12.0 Å². The van der Waals surface area contributed by atoms with Crippen molar-refractivity contribution in [2.75, 3.05) is 0 Å². The molecule has 2 heteroatoms. The Hall–Kier alpha value is -0.890. The van der Waals surface area contributed by atoms with Gasteiger partial charge in [-0.3, -0.25) is 0 Å². The molecule has 1 aliphatic carbocycles. The van der Waals surface area contributed by atoms with Crippen LogP contribution in [0.3, 0.4) is 0 Å². The van der Waals surface area contributed by atoms with Crippen molar-refractivity contribution in [3.05, 3.63) is 35.1 Å². The Bertz CT molecular complexity index is 398. The highest BCUT2D eigenvalue weighted by Gasteiger charge is 2.33. The van der Waals surface area contributed by atoms with Gasteiger partial charge in [-0.1, -0.05) is 26.3 Å². The largest absolute Gasteiger partial charge is 0.309 e. The molecule has 1 aromatic rings. The Kier molecular flexibility index (Phi) is 3.53. The molecular formula is C15H22FN. The number of nitrogens with one attached hydrogen (secondary N) is 1. The summed E-state index contributed by atoms with van der Waals surface area (Å²) in [7, 11) is 0. The minimum Gasteiger partial charge on any atom is -0.309 e. The van der Waals surface area contributed by atoms with Gasteiger partial charge in [0.05, 0.1) is 0 Å². The van der Waals surface area contributed by atoms with E-state index in [1.165, 1.54) is 25.3 Å². The molecular weight excluding hydrogens is 213 g/mol. The van der Waals surface area contributed by atoms with Gasteiger partial charge in [-0.25, -0.2) is 4.39 Å². The summed E-state index contributed by atoms with van der Waals surface area (Å²) in [6, 6.07) is 5.58. The zero-order valence-corrected chi connectivity index (χ0v) is 11.0. The third-order valence-electron chi connectivity index (χ3n) is 4.11. The van der Waals surface area contributed by atoms with Gasteiger partial charge in [0.25, 0.3) is 0 Å². The first-order valence-electron chi connectivity index (χ1n) is 6.47. The van der Waals surface area contributed by atoms with Crippen LogP contribution >= 0.6 is 0 Å². The fourth-order valence-electron chi connectivity index (χ4n) is 2.77. The van der Waals surface area contributed by atoms with Gasteiger partial charge < -0.3 is 5.32 Å². The molecule has 94 valence electrons. The van der Waals surface area contributed by atoms with E-state index in [1.807, 2.05) is 13.0 Å². The summed E-state index contributed by atoms with van der Waals surface area (Å²) in [4.78, 5) is 0. The average Bonchev–Trinajstić information content (AvgIpc) is 2.59. The SMILES string of the molecule is Cc1ccc(F)cc1CNC1CCCC1(C)C. The first-order valence-corrected chi connectivity index (χ1v) is 6.47. The highest BCUT2D eigenvalue weighted by molar-refractivity contribution is 5.26. The van der Waals surface area contributed by atoms with E-state index >= 15 is 0 Å². The molecule has 1 aliphatic rings. The van der Waals surface area contributed by atoms with Crippen LogP contribution in [0.5, 0.6) is 0 Å². The second-order valence-corrected chi connectivity index (χ2v) is 5.89. The van der Waals surface area contributed by atoms with Gasteiger partial charge in [0.1, 0.15) is 5.82 Å². The van der Waals surface area contributed by atoms with Gasteiger partial charge in [-0.2, -0.15) is 0 Å². The van der Waals surface area contributed by atoms with Crippen LogP contribution in [-0.4, -0.2) is 6.04 Å². The van der Waals surface area contributed by atoms with Crippen LogP contribution in [-0.2, 0) is 6.54 Å². The molecule has 1 saturated carbocycles. The van der Waals surface area contributed by atoms with Crippen molar-refractivity contribution in [2.45, 2.75) is 52.6 Å². The van der Waals surface area contributed by atoms with Crippen LogP contribution < -0.4 is 5.32 Å². The van der Waals surface area contributed by atoms with Crippen LogP contribution in [0.4, 0.5) is 4.39 Å². The lowest BCUT2D eigenvalue weighted by molar-refractivity contribution is 0.282. The van der Waals surface area contributed by atoms with Crippen LogP contribution in [0.15, 0.2) is 18.2 Å². The molecule has 0 bridgehead atoms. The van der Waals surface area contributed by atoms with E-state index < -0.39 is 0 Å². The van der Waals surface area contributed by atoms with Crippen molar-refractivity contribution < 1.29 is 4.39 Å². The van der Waals surface area contributed by atoms with E-state index in [1.54, 1.807) is 6.07 Å². The van der Waals surface area contributed by atoms with Crippen LogP contribution in [0.25, 0.3) is 0 Å². The molecule has 1 fully saturated rings. The maximum atomic E-state index is 13.2. The number of halogens is 1. The molecule has 2 rings (SSSR count). The van der Waals surface area contributed by atoms with Gasteiger partial charge in [-0.05, 0) is 48.4 Å². The summed E-state index contributed by atoms with van der Waals surface area (Å²) in [6.07, 6.45) is 3.82. The summed E-state index contributed by atoms with van der Waals surface area (Å²) >= 11 is 0. The summed E-state index contributed by atoms with van der Waals surface area (Å²) in [5, 5.41) is 3.59. The zero-order valence-electron chi connectivity index (χ0n) is 11.0. The van der Waals surface area contributed by atoms with E-state index in [9.17, 15) is 4.39 Å². The van der Waals surface area contributed by atoms with Crippen molar-refractivity contribution in [3.63, 3.8) is 0 Å². The summed E-state index contributed by atoms with van der Waals surface area (Å²) in [5.41, 5.74) is 2.61. The first kappa shape index (κ1) is 12.6. The summed E-state index contributed by atoms with van der Waals surface area (Å²) in [6.45, 7) is 7.44. The first-order chi connectivity index (χ1) is 7.99. The lowest BCUT2D eigenvalue weighted by Crippen LogP contribution is -2.37. The molecule has 17 heavy (non-hydrogen) atoms. The van der Waals surface area contributed by atoms with Crippen molar-refractivity contribution in [3.8, 4) is 0 Å². The smallest absolute Gasteiger partial charge is 0.123 e. The van der Waals surface area contributed by atoms with Gasteiger partial charge in [-0.15, -0.1) is 0 Å². The molecule has 0 heterocycles. The predicted molar refractivity (Wildman–Crippen MR) is 69.4 cm³/mol. The van der Waals surface area contributed by atoms with E-state index in [0.29, 0.717) is 11.5 Å². The minimum atomic E-state index is -0.141. The lowest BCUT2D eigenvalue weighted by Gasteiger charge is -2.28. The number of aryl methyl sites for hydroxylation is 1. The van der Waals surface area contributed by atoms with Gasteiger partial charge in [0.2, 0.25) is 0 Å². The predicted octanol–water partition coefficient (Wildman–Crippen LogP) is 3.80. The maximum Gasteiger partial charge on any atom is 0.123 e. The van der Waals surface area contributed by atoms with E-state index in [4.69, 9.17) is 0 Å². The zero-order chi connectivity index (χ0) is 12.5. The second-order valence-electron chi connectivity index (χ2n) is 5.89. The molecule has 1 N–H and O–H groups in total. The van der Waals surface area contributed by atoms with Crippen LogP contribution in [0, 0.1) is 18.2 Å². The Labute approximate surface area is 103 Å². The standard InChI is InChI=1S/C15H22FN/c1-11-6-7-13(16)9-12(11)10-17-14-5-4-8-15(14,2)3/h6-7,9,14,17H,4-5,8,10H2,1-3H3. The molecule has 0 amide bonds. The van der Waals surface area contributed by atoms with E-state index in [2.05, 4.69) is 19.2 Å². The van der Waals surface area contributed by atoms with Crippen molar-refractivity contribution >= 4 is 0 Å². The Morgan fingerprint density at radius 1 is 1.41 bits per heavy atom. The molecule has 0 radical (unpaired) electrons. The Morgan fingerprint density at radius 3 is 2.82 bits per heavy atom. The van der Waals surface area contributed by atoms with E-state index in [0.717, 1.165) is 17.7 Å². The molecule has 1 unspecified atom stereocenters. The third kappa shape index (κ3) is 2.86. The highest BCUT2D eigenvalue weighted by Crippen LogP contribution is 2.37. The van der Waals surface area contributed by atoms with E-state index in [-0.39, 0.29) is 5.82 Å². The second kappa shape index (κ2) is 4.77. The summed E-state index contributed by atoms with van der Waals surface area (Å²) < 4.78 is 13.2. The molecule has 0 aromatic heterocycles. The highest BCUT2D eigenvalue weighted by atomic mass is 19.1. The minimum absolute atomic E-state index is 0.141. The summed E-state index contributed by atoms with van der Waals surface area (Å²) in [5.74, 6) is -0.141.